The molecular formula is C14H27IN2. The van der Waals surface area contributed by atoms with Crippen molar-refractivity contribution in [2.24, 2.45) is 11.8 Å². The molecule has 2 aliphatic rings. The summed E-state index contributed by atoms with van der Waals surface area (Å²) in [6.07, 6.45) is 2.74. The van der Waals surface area contributed by atoms with Gasteiger partial charge in [-0.2, -0.15) is 0 Å². The average Bonchev–Trinajstić information content (AvgIpc) is 2.27. The average molecular weight is 350 g/mol. The van der Waals surface area contributed by atoms with Gasteiger partial charge in [0.15, 0.2) is 0 Å². The minimum Gasteiger partial charge on any atom is -0.306 e. The molecule has 2 unspecified atom stereocenters. The zero-order chi connectivity index (χ0) is 12.6. The maximum atomic E-state index is 2.78. The van der Waals surface area contributed by atoms with Crippen molar-refractivity contribution in [2.75, 3.05) is 33.2 Å². The highest BCUT2D eigenvalue weighted by Gasteiger charge is 2.41. The van der Waals surface area contributed by atoms with Crippen molar-refractivity contribution in [2.45, 2.75) is 43.1 Å². The number of rotatable bonds is 1. The molecule has 2 aliphatic heterocycles. The van der Waals surface area contributed by atoms with Gasteiger partial charge in [-0.15, -0.1) is 0 Å². The third-order valence-electron chi connectivity index (χ3n) is 5.15. The highest BCUT2D eigenvalue weighted by Crippen LogP contribution is 2.41. The first-order chi connectivity index (χ1) is 7.91. The van der Waals surface area contributed by atoms with E-state index in [0.29, 0.717) is 3.42 Å². The summed E-state index contributed by atoms with van der Waals surface area (Å²) in [4.78, 5) is 5.25. The Labute approximate surface area is 120 Å². The zero-order valence-electron chi connectivity index (χ0n) is 11.7. The van der Waals surface area contributed by atoms with Crippen molar-refractivity contribution in [3.05, 3.63) is 0 Å². The molecule has 2 rings (SSSR count). The fraction of sp³-hybridized carbons (Fsp3) is 1.00. The highest BCUT2D eigenvalue weighted by atomic mass is 127. The van der Waals surface area contributed by atoms with Crippen molar-refractivity contribution in [1.29, 1.82) is 0 Å². The number of hydrogen-bond donors (Lipinski definition) is 0. The lowest BCUT2D eigenvalue weighted by molar-refractivity contribution is 0.0474. The molecule has 0 amide bonds. The van der Waals surface area contributed by atoms with E-state index in [1.165, 1.54) is 39.0 Å². The molecule has 0 N–H and O–H groups in total. The van der Waals surface area contributed by atoms with Crippen LogP contribution < -0.4 is 0 Å². The molecule has 0 saturated carbocycles. The van der Waals surface area contributed by atoms with Crippen LogP contribution in [0.25, 0.3) is 0 Å². The van der Waals surface area contributed by atoms with Crippen LogP contribution in [0.3, 0.4) is 0 Å². The topological polar surface area (TPSA) is 6.48 Å². The lowest BCUT2D eigenvalue weighted by atomic mass is 9.80. The third kappa shape index (κ3) is 2.98. The van der Waals surface area contributed by atoms with Crippen molar-refractivity contribution in [3.63, 3.8) is 0 Å². The van der Waals surface area contributed by atoms with E-state index in [4.69, 9.17) is 0 Å². The van der Waals surface area contributed by atoms with Gasteiger partial charge in [-0.05, 0) is 51.7 Å². The Balaban J connectivity index is 1.95. The van der Waals surface area contributed by atoms with E-state index in [-0.39, 0.29) is 0 Å². The SMILES string of the molecule is CC1CN(C2CCN(C)CC2)CC(C)C1(C)I. The third-order valence-corrected chi connectivity index (χ3v) is 7.27. The van der Waals surface area contributed by atoms with Gasteiger partial charge in [0.1, 0.15) is 0 Å². The van der Waals surface area contributed by atoms with Gasteiger partial charge in [0.05, 0.1) is 0 Å². The summed E-state index contributed by atoms with van der Waals surface area (Å²) in [6, 6.07) is 0.851. The Morgan fingerprint density at radius 2 is 1.53 bits per heavy atom. The second-order valence-electron chi connectivity index (χ2n) is 6.44. The molecule has 100 valence electrons. The van der Waals surface area contributed by atoms with E-state index >= 15 is 0 Å². The highest BCUT2D eigenvalue weighted by molar-refractivity contribution is 14.1. The molecule has 2 nitrogen and oxygen atoms in total. The smallest absolute Gasteiger partial charge is 0.0269 e. The summed E-state index contributed by atoms with van der Waals surface area (Å²) >= 11 is 2.69. The normalized spacial score (nSPS) is 42.9. The summed E-state index contributed by atoms with van der Waals surface area (Å²) < 4.78 is 0.486. The summed E-state index contributed by atoms with van der Waals surface area (Å²) in [5.74, 6) is 1.62. The first-order valence-electron chi connectivity index (χ1n) is 7.02. The molecule has 0 radical (unpaired) electrons. The molecule has 2 saturated heterocycles. The van der Waals surface area contributed by atoms with Crippen LogP contribution in [-0.2, 0) is 0 Å². The molecule has 17 heavy (non-hydrogen) atoms. The fourth-order valence-corrected chi connectivity index (χ4v) is 3.67. The summed E-state index contributed by atoms with van der Waals surface area (Å²) in [5, 5.41) is 0. The number of hydrogen-bond acceptors (Lipinski definition) is 2. The Morgan fingerprint density at radius 1 is 1.06 bits per heavy atom. The van der Waals surface area contributed by atoms with E-state index in [2.05, 4.69) is 60.2 Å². The van der Waals surface area contributed by atoms with E-state index < -0.39 is 0 Å². The lowest BCUT2D eigenvalue weighted by Crippen LogP contribution is -2.56. The predicted octanol–water partition coefficient (Wildman–Crippen LogP) is 2.86. The van der Waals surface area contributed by atoms with Gasteiger partial charge in [-0.3, -0.25) is 4.90 Å². The van der Waals surface area contributed by atoms with E-state index in [1.807, 2.05) is 0 Å². The molecule has 2 fully saturated rings. The van der Waals surface area contributed by atoms with Gasteiger partial charge in [-0.25, -0.2) is 0 Å². The number of alkyl halides is 1. The fourth-order valence-electron chi connectivity index (χ4n) is 3.28. The van der Waals surface area contributed by atoms with Crippen molar-refractivity contribution in [3.8, 4) is 0 Å². The quantitative estimate of drug-likeness (QED) is 0.530. The number of halogens is 1. The number of nitrogens with zero attached hydrogens (tertiary/aromatic N) is 2. The molecule has 0 aromatic heterocycles. The van der Waals surface area contributed by atoms with Crippen LogP contribution in [0.5, 0.6) is 0 Å². The molecule has 0 bridgehead atoms. The van der Waals surface area contributed by atoms with Gasteiger partial charge in [0.25, 0.3) is 0 Å². The second-order valence-corrected chi connectivity index (χ2v) is 8.77. The Kier molecular flexibility index (Phi) is 4.41. The molecule has 0 spiro atoms. The standard InChI is InChI=1S/C14H27IN2/c1-11-9-17(10-12(2)14(11,3)15)13-5-7-16(4)8-6-13/h11-13H,5-10H2,1-4H3. The van der Waals surface area contributed by atoms with E-state index in [9.17, 15) is 0 Å². The Bertz CT molecular complexity index is 245. The summed E-state index contributed by atoms with van der Waals surface area (Å²) in [7, 11) is 2.25. The molecule has 0 aliphatic carbocycles. The van der Waals surface area contributed by atoms with Gasteiger partial charge < -0.3 is 4.90 Å². The van der Waals surface area contributed by atoms with E-state index in [0.717, 1.165) is 17.9 Å². The van der Waals surface area contributed by atoms with Crippen LogP contribution >= 0.6 is 22.6 Å². The van der Waals surface area contributed by atoms with Crippen molar-refractivity contribution >= 4 is 22.6 Å². The van der Waals surface area contributed by atoms with E-state index in [1.54, 1.807) is 0 Å². The number of likely N-dealkylation sites (tertiary alicyclic amines) is 2. The first-order valence-corrected chi connectivity index (χ1v) is 8.10. The molecule has 2 atom stereocenters. The molecule has 0 aromatic rings. The minimum atomic E-state index is 0.486. The van der Waals surface area contributed by atoms with Gasteiger partial charge in [0, 0.05) is 22.6 Å². The maximum absolute atomic E-state index is 2.78. The summed E-state index contributed by atoms with van der Waals surface area (Å²) in [6.45, 7) is 12.5. The van der Waals surface area contributed by atoms with Crippen LogP contribution in [-0.4, -0.2) is 52.5 Å². The zero-order valence-corrected chi connectivity index (χ0v) is 13.9. The molecular weight excluding hydrogens is 323 g/mol. The van der Waals surface area contributed by atoms with Crippen molar-refractivity contribution in [1.82, 2.24) is 9.80 Å². The number of piperidine rings is 2. The van der Waals surface area contributed by atoms with Crippen LogP contribution in [0.1, 0.15) is 33.6 Å². The van der Waals surface area contributed by atoms with Gasteiger partial charge >= 0.3 is 0 Å². The van der Waals surface area contributed by atoms with Crippen LogP contribution in [0, 0.1) is 11.8 Å². The lowest BCUT2D eigenvalue weighted by Gasteiger charge is -2.49. The maximum Gasteiger partial charge on any atom is 0.0269 e. The van der Waals surface area contributed by atoms with Gasteiger partial charge in [-0.1, -0.05) is 36.4 Å². The van der Waals surface area contributed by atoms with Crippen LogP contribution in [0.15, 0.2) is 0 Å². The van der Waals surface area contributed by atoms with Crippen LogP contribution in [0.4, 0.5) is 0 Å². The first kappa shape index (κ1) is 14.1. The largest absolute Gasteiger partial charge is 0.306 e. The summed E-state index contributed by atoms with van der Waals surface area (Å²) in [5.41, 5.74) is 0. The molecule has 2 heterocycles. The van der Waals surface area contributed by atoms with Gasteiger partial charge in [0.2, 0.25) is 0 Å². The Morgan fingerprint density at radius 3 is 2.00 bits per heavy atom. The van der Waals surface area contributed by atoms with Crippen LogP contribution in [0.2, 0.25) is 0 Å². The minimum absolute atomic E-state index is 0.486. The van der Waals surface area contributed by atoms with Crippen molar-refractivity contribution < 1.29 is 0 Å². The molecule has 0 aromatic carbocycles. The Hall–Kier alpha value is 0.650. The monoisotopic (exact) mass is 350 g/mol. The second kappa shape index (κ2) is 5.33. The molecule has 3 heteroatoms. The predicted molar refractivity (Wildman–Crippen MR) is 82.8 cm³/mol.